The van der Waals surface area contributed by atoms with Crippen LogP contribution in [0.5, 0.6) is 0 Å². The zero-order valence-electron chi connectivity index (χ0n) is 10.6. The number of nitrogens with two attached hydrogens (primary N) is 1. The van der Waals surface area contributed by atoms with Crippen LogP contribution in [0, 0.1) is 6.92 Å². The van der Waals surface area contributed by atoms with E-state index in [1.165, 1.54) is 11.1 Å². The van der Waals surface area contributed by atoms with Crippen LogP contribution in [0.2, 0.25) is 0 Å². The maximum absolute atomic E-state index is 5.52. The molecule has 18 heavy (non-hydrogen) atoms. The largest absolute Gasteiger partial charge is 0.364 e. The zero-order valence-corrected chi connectivity index (χ0v) is 10.6. The number of anilines is 1. The molecule has 0 atom stereocenters. The third-order valence-electron chi connectivity index (χ3n) is 2.72. The van der Waals surface area contributed by atoms with Gasteiger partial charge in [-0.1, -0.05) is 24.3 Å². The Balaban J connectivity index is 1.93. The maximum Gasteiger partial charge on any atom is 0.149 e. The fourth-order valence-corrected chi connectivity index (χ4v) is 1.73. The molecular formula is C14H18N4. The smallest absolute Gasteiger partial charge is 0.149 e. The molecule has 3 N–H and O–H groups in total. The highest BCUT2D eigenvalue weighted by Gasteiger charge is 1.97. The summed E-state index contributed by atoms with van der Waals surface area (Å²) in [5, 5.41) is 11.2. The van der Waals surface area contributed by atoms with Gasteiger partial charge in [-0.2, -0.15) is 5.10 Å². The minimum absolute atomic E-state index is 0.691. The zero-order chi connectivity index (χ0) is 12.8. The molecule has 1 aromatic carbocycles. The van der Waals surface area contributed by atoms with E-state index in [4.69, 9.17) is 5.73 Å². The fourth-order valence-electron chi connectivity index (χ4n) is 1.73. The second-order valence-electron chi connectivity index (χ2n) is 4.33. The fraction of sp³-hybridized carbons (Fsp3) is 0.286. The van der Waals surface area contributed by atoms with Crippen molar-refractivity contribution in [2.24, 2.45) is 5.73 Å². The first kappa shape index (κ1) is 12.5. The Morgan fingerprint density at radius 3 is 2.56 bits per heavy atom. The van der Waals surface area contributed by atoms with Crippen LogP contribution < -0.4 is 11.1 Å². The molecule has 0 saturated heterocycles. The first-order chi connectivity index (χ1) is 8.78. The van der Waals surface area contributed by atoms with Crippen LogP contribution in [-0.4, -0.2) is 16.7 Å². The molecule has 0 saturated carbocycles. The lowest BCUT2D eigenvalue weighted by Gasteiger charge is -2.06. The predicted octanol–water partition coefficient (Wildman–Crippen LogP) is 1.90. The Bertz CT molecular complexity index is 493. The quantitative estimate of drug-likeness (QED) is 0.840. The van der Waals surface area contributed by atoms with E-state index in [-0.39, 0.29) is 0 Å². The number of aryl methyl sites for hydroxylation is 1. The molecule has 1 aromatic heterocycles. The molecule has 0 spiro atoms. The lowest BCUT2D eigenvalue weighted by Crippen LogP contribution is -2.04. The number of hydrogen-bond acceptors (Lipinski definition) is 4. The van der Waals surface area contributed by atoms with E-state index >= 15 is 0 Å². The third kappa shape index (κ3) is 3.53. The Hall–Kier alpha value is -1.94. The Labute approximate surface area is 107 Å². The predicted molar refractivity (Wildman–Crippen MR) is 73.3 cm³/mol. The lowest BCUT2D eigenvalue weighted by atomic mass is 10.1. The molecule has 4 heteroatoms. The molecule has 0 aliphatic heterocycles. The summed E-state index contributed by atoms with van der Waals surface area (Å²) in [7, 11) is 0. The van der Waals surface area contributed by atoms with E-state index in [0.717, 1.165) is 24.3 Å². The summed E-state index contributed by atoms with van der Waals surface area (Å²) in [6.45, 7) is 3.44. The molecule has 0 aliphatic rings. The number of benzene rings is 1. The molecule has 94 valence electrons. The van der Waals surface area contributed by atoms with Gasteiger partial charge in [-0.15, -0.1) is 5.10 Å². The highest BCUT2D eigenvalue weighted by Crippen LogP contribution is 2.08. The number of hydrogen-bond donors (Lipinski definition) is 2. The van der Waals surface area contributed by atoms with Crippen LogP contribution >= 0.6 is 0 Å². The minimum atomic E-state index is 0.691. The van der Waals surface area contributed by atoms with Gasteiger partial charge in [0.1, 0.15) is 5.82 Å². The number of aromatic nitrogens is 2. The van der Waals surface area contributed by atoms with Gasteiger partial charge in [0.25, 0.3) is 0 Å². The molecule has 2 rings (SSSR count). The average Bonchev–Trinajstić information content (AvgIpc) is 2.38. The van der Waals surface area contributed by atoms with Crippen LogP contribution in [0.1, 0.15) is 16.7 Å². The molecular weight excluding hydrogens is 224 g/mol. The molecule has 0 fully saturated rings. The van der Waals surface area contributed by atoms with Crippen LogP contribution in [0.3, 0.4) is 0 Å². The van der Waals surface area contributed by atoms with Crippen LogP contribution in [-0.2, 0) is 13.0 Å². The van der Waals surface area contributed by atoms with Gasteiger partial charge < -0.3 is 11.1 Å². The second kappa shape index (κ2) is 6.12. The van der Waals surface area contributed by atoms with Crippen molar-refractivity contribution in [1.29, 1.82) is 0 Å². The molecule has 4 nitrogen and oxygen atoms in total. The first-order valence-electron chi connectivity index (χ1n) is 6.09. The number of nitrogens with zero attached hydrogens (tertiary/aromatic N) is 2. The second-order valence-corrected chi connectivity index (χ2v) is 4.33. The molecule has 1 heterocycles. The monoisotopic (exact) mass is 242 g/mol. The number of rotatable bonds is 5. The van der Waals surface area contributed by atoms with E-state index in [0.29, 0.717) is 6.54 Å². The van der Waals surface area contributed by atoms with Crippen molar-refractivity contribution in [3.05, 3.63) is 53.2 Å². The molecule has 0 aliphatic carbocycles. The first-order valence-corrected chi connectivity index (χ1v) is 6.09. The molecule has 0 bridgehead atoms. The summed E-state index contributed by atoms with van der Waals surface area (Å²) in [5.74, 6) is 0.807. The summed E-state index contributed by atoms with van der Waals surface area (Å²) in [6, 6.07) is 10.4. The summed E-state index contributed by atoms with van der Waals surface area (Å²) in [5.41, 5.74) is 9.12. The van der Waals surface area contributed by atoms with E-state index in [2.05, 4.69) is 39.8 Å². The highest BCUT2D eigenvalue weighted by molar-refractivity contribution is 5.36. The molecule has 2 aromatic rings. The topological polar surface area (TPSA) is 63.8 Å². The van der Waals surface area contributed by atoms with Crippen molar-refractivity contribution in [2.45, 2.75) is 19.9 Å². The summed E-state index contributed by atoms with van der Waals surface area (Å²) < 4.78 is 0. The van der Waals surface area contributed by atoms with Gasteiger partial charge in [-0.3, -0.25) is 0 Å². The van der Waals surface area contributed by atoms with Crippen molar-refractivity contribution >= 4 is 5.82 Å². The van der Waals surface area contributed by atoms with Crippen molar-refractivity contribution in [1.82, 2.24) is 10.2 Å². The minimum Gasteiger partial charge on any atom is -0.364 e. The van der Waals surface area contributed by atoms with Gasteiger partial charge in [0, 0.05) is 6.54 Å². The van der Waals surface area contributed by atoms with Crippen molar-refractivity contribution in [3.63, 3.8) is 0 Å². The van der Waals surface area contributed by atoms with E-state index < -0.39 is 0 Å². The van der Waals surface area contributed by atoms with Crippen molar-refractivity contribution in [2.75, 3.05) is 11.9 Å². The average molecular weight is 242 g/mol. The van der Waals surface area contributed by atoms with Gasteiger partial charge in [0.2, 0.25) is 0 Å². The molecule has 0 radical (unpaired) electrons. The van der Waals surface area contributed by atoms with Crippen LogP contribution in [0.15, 0.2) is 36.5 Å². The van der Waals surface area contributed by atoms with E-state index in [9.17, 15) is 0 Å². The summed E-state index contributed by atoms with van der Waals surface area (Å²) >= 11 is 0. The maximum atomic E-state index is 5.52. The van der Waals surface area contributed by atoms with Crippen LogP contribution in [0.25, 0.3) is 0 Å². The normalized spacial score (nSPS) is 10.3. The molecule has 0 amide bonds. The lowest BCUT2D eigenvalue weighted by molar-refractivity contribution is 0.963. The molecule has 0 unspecified atom stereocenters. The number of nitrogens with one attached hydrogen (secondary N) is 1. The van der Waals surface area contributed by atoms with Gasteiger partial charge in [0.15, 0.2) is 0 Å². The van der Waals surface area contributed by atoms with Gasteiger partial charge in [-0.25, -0.2) is 0 Å². The SMILES string of the molecule is Cc1cnnc(NCc2ccc(CCN)cc2)c1. The van der Waals surface area contributed by atoms with Gasteiger partial charge in [0.05, 0.1) is 6.20 Å². The summed E-state index contributed by atoms with van der Waals surface area (Å²) in [4.78, 5) is 0. The Kier molecular flexibility index (Phi) is 4.25. The third-order valence-corrected chi connectivity index (χ3v) is 2.72. The van der Waals surface area contributed by atoms with E-state index in [1.807, 2.05) is 13.0 Å². The standard InChI is InChI=1S/C14H18N4/c1-11-8-14(18-17-9-11)16-10-13-4-2-12(3-5-13)6-7-15/h2-5,8-9H,6-7,10,15H2,1H3,(H,16,18). The van der Waals surface area contributed by atoms with E-state index in [1.54, 1.807) is 6.20 Å². The van der Waals surface area contributed by atoms with Crippen molar-refractivity contribution < 1.29 is 0 Å². The van der Waals surface area contributed by atoms with Gasteiger partial charge in [-0.05, 0) is 42.6 Å². The highest BCUT2D eigenvalue weighted by atomic mass is 15.2. The van der Waals surface area contributed by atoms with Crippen LogP contribution in [0.4, 0.5) is 5.82 Å². The van der Waals surface area contributed by atoms with Crippen molar-refractivity contribution in [3.8, 4) is 0 Å². The Morgan fingerprint density at radius 1 is 1.17 bits per heavy atom. The Morgan fingerprint density at radius 2 is 1.89 bits per heavy atom. The van der Waals surface area contributed by atoms with Gasteiger partial charge >= 0.3 is 0 Å². The summed E-state index contributed by atoms with van der Waals surface area (Å²) in [6.07, 6.45) is 2.67.